The van der Waals surface area contributed by atoms with Crippen LogP contribution in [-0.2, 0) is 0 Å². The zero-order valence-electron chi connectivity index (χ0n) is 16.9. The Morgan fingerprint density at radius 1 is 0.933 bits per heavy atom. The number of hydrogen-bond donors (Lipinski definition) is 2. The molecule has 0 bridgehead atoms. The molecule has 0 aliphatic heterocycles. The highest BCUT2D eigenvalue weighted by atomic mass is 32.1. The maximum atomic E-state index is 12.4. The Morgan fingerprint density at radius 2 is 1.63 bits per heavy atom. The SMILES string of the molecule is Cc1cc2nc(-c3ccc(NC(=S)NC(=O)c4ccccc4C)cc3)oc2cc1C. The van der Waals surface area contributed by atoms with Crippen molar-refractivity contribution in [1.82, 2.24) is 10.3 Å². The van der Waals surface area contributed by atoms with Crippen LogP contribution in [0.4, 0.5) is 5.69 Å². The zero-order valence-corrected chi connectivity index (χ0v) is 17.8. The summed E-state index contributed by atoms with van der Waals surface area (Å²) in [6, 6.07) is 19.0. The number of aromatic nitrogens is 1. The average Bonchev–Trinajstić information content (AvgIpc) is 3.11. The minimum Gasteiger partial charge on any atom is -0.436 e. The van der Waals surface area contributed by atoms with Crippen LogP contribution in [0.2, 0.25) is 0 Å². The maximum absolute atomic E-state index is 12.4. The fraction of sp³-hybridized carbons (Fsp3) is 0.125. The highest BCUT2D eigenvalue weighted by Crippen LogP contribution is 2.27. The standard InChI is InChI=1S/C24H21N3O2S/c1-14-6-4-5-7-19(14)22(28)27-24(30)25-18-10-8-17(9-11-18)23-26-20-12-15(2)16(3)13-21(20)29-23/h4-13H,1-3H3,(H2,25,27,28,30). The van der Waals surface area contributed by atoms with E-state index in [1.54, 1.807) is 6.07 Å². The average molecular weight is 416 g/mol. The molecule has 4 rings (SSSR count). The smallest absolute Gasteiger partial charge is 0.257 e. The molecule has 150 valence electrons. The first-order valence-electron chi connectivity index (χ1n) is 9.57. The lowest BCUT2D eigenvalue weighted by atomic mass is 10.1. The number of carbonyl (C=O) groups excluding carboxylic acids is 1. The van der Waals surface area contributed by atoms with Gasteiger partial charge >= 0.3 is 0 Å². The molecule has 0 unspecified atom stereocenters. The first kappa shape index (κ1) is 19.8. The van der Waals surface area contributed by atoms with Gasteiger partial charge in [-0.2, -0.15) is 0 Å². The molecular weight excluding hydrogens is 394 g/mol. The van der Waals surface area contributed by atoms with Crippen LogP contribution in [-0.4, -0.2) is 16.0 Å². The van der Waals surface area contributed by atoms with Gasteiger partial charge in [0, 0.05) is 16.8 Å². The predicted octanol–water partition coefficient (Wildman–Crippen LogP) is 5.55. The number of anilines is 1. The number of fused-ring (bicyclic) bond motifs is 1. The van der Waals surface area contributed by atoms with Crippen LogP contribution in [0, 0.1) is 20.8 Å². The molecule has 4 aromatic rings. The summed E-state index contributed by atoms with van der Waals surface area (Å²) in [7, 11) is 0. The number of nitrogens with zero attached hydrogens (tertiary/aromatic N) is 1. The van der Waals surface area contributed by atoms with E-state index in [4.69, 9.17) is 16.6 Å². The molecule has 1 heterocycles. The molecule has 0 saturated heterocycles. The Labute approximate surface area is 180 Å². The van der Waals surface area contributed by atoms with E-state index in [1.165, 1.54) is 11.1 Å². The molecule has 0 aliphatic rings. The highest BCUT2D eigenvalue weighted by Gasteiger charge is 2.12. The largest absolute Gasteiger partial charge is 0.436 e. The molecule has 0 spiro atoms. The summed E-state index contributed by atoms with van der Waals surface area (Å²) in [5.74, 6) is 0.330. The molecule has 6 heteroatoms. The van der Waals surface area contributed by atoms with Crippen molar-refractivity contribution in [3.8, 4) is 11.5 Å². The first-order valence-corrected chi connectivity index (χ1v) is 9.98. The van der Waals surface area contributed by atoms with Gasteiger partial charge in [-0.1, -0.05) is 18.2 Å². The van der Waals surface area contributed by atoms with Gasteiger partial charge in [0.05, 0.1) is 0 Å². The molecule has 1 aromatic heterocycles. The molecule has 0 aliphatic carbocycles. The van der Waals surface area contributed by atoms with Crippen molar-refractivity contribution in [2.45, 2.75) is 20.8 Å². The maximum Gasteiger partial charge on any atom is 0.257 e. The number of thiocarbonyl (C=S) groups is 1. The van der Waals surface area contributed by atoms with Gasteiger partial charge in [0.2, 0.25) is 5.89 Å². The lowest BCUT2D eigenvalue weighted by molar-refractivity contribution is 0.0977. The first-order chi connectivity index (χ1) is 14.4. The van der Waals surface area contributed by atoms with Crippen LogP contribution in [0.25, 0.3) is 22.6 Å². The molecule has 2 N–H and O–H groups in total. The Balaban J connectivity index is 1.45. The third-order valence-electron chi connectivity index (χ3n) is 5.01. The van der Waals surface area contributed by atoms with E-state index in [0.29, 0.717) is 11.5 Å². The monoisotopic (exact) mass is 415 g/mol. The Hall–Kier alpha value is -3.51. The lowest BCUT2D eigenvalue weighted by Crippen LogP contribution is -2.34. The van der Waals surface area contributed by atoms with E-state index in [0.717, 1.165) is 27.9 Å². The van der Waals surface area contributed by atoms with Gasteiger partial charge in [-0.05, 0) is 92.1 Å². The molecule has 0 radical (unpaired) electrons. The van der Waals surface area contributed by atoms with Gasteiger partial charge in [-0.3, -0.25) is 10.1 Å². The number of benzene rings is 3. The molecular formula is C24H21N3O2S. The fourth-order valence-electron chi connectivity index (χ4n) is 3.16. The van der Waals surface area contributed by atoms with Crippen molar-refractivity contribution >= 4 is 40.0 Å². The minimum atomic E-state index is -0.237. The van der Waals surface area contributed by atoms with Crippen LogP contribution in [0.5, 0.6) is 0 Å². The summed E-state index contributed by atoms with van der Waals surface area (Å²) in [6.07, 6.45) is 0. The summed E-state index contributed by atoms with van der Waals surface area (Å²) in [6.45, 7) is 6.00. The second-order valence-corrected chi connectivity index (χ2v) is 7.63. The van der Waals surface area contributed by atoms with E-state index < -0.39 is 0 Å². The van der Waals surface area contributed by atoms with E-state index in [1.807, 2.05) is 61.5 Å². The third-order valence-corrected chi connectivity index (χ3v) is 5.21. The van der Waals surface area contributed by atoms with Crippen LogP contribution >= 0.6 is 12.2 Å². The number of amides is 1. The number of rotatable bonds is 3. The molecule has 0 fully saturated rings. The van der Waals surface area contributed by atoms with Crippen LogP contribution < -0.4 is 10.6 Å². The lowest BCUT2D eigenvalue weighted by Gasteiger charge is -2.11. The van der Waals surface area contributed by atoms with E-state index >= 15 is 0 Å². The molecule has 3 aromatic carbocycles. The van der Waals surface area contributed by atoms with Gasteiger partial charge in [0.15, 0.2) is 10.7 Å². The Kier molecular flexibility index (Phi) is 5.33. The van der Waals surface area contributed by atoms with Crippen molar-refractivity contribution in [1.29, 1.82) is 0 Å². The van der Waals surface area contributed by atoms with Crippen molar-refractivity contribution < 1.29 is 9.21 Å². The van der Waals surface area contributed by atoms with Crippen molar-refractivity contribution in [2.75, 3.05) is 5.32 Å². The molecule has 5 nitrogen and oxygen atoms in total. The van der Waals surface area contributed by atoms with Gasteiger partial charge in [-0.25, -0.2) is 4.98 Å². The predicted molar refractivity (Wildman–Crippen MR) is 124 cm³/mol. The molecule has 1 amide bonds. The summed E-state index contributed by atoms with van der Waals surface area (Å²) >= 11 is 5.28. The zero-order chi connectivity index (χ0) is 21.3. The summed E-state index contributed by atoms with van der Waals surface area (Å²) in [5, 5.41) is 5.98. The van der Waals surface area contributed by atoms with Crippen LogP contribution in [0.15, 0.2) is 65.1 Å². The molecule has 0 atom stereocenters. The van der Waals surface area contributed by atoms with Gasteiger partial charge in [-0.15, -0.1) is 0 Å². The summed E-state index contributed by atoms with van der Waals surface area (Å²) in [4.78, 5) is 17.0. The van der Waals surface area contributed by atoms with Crippen molar-refractivity contribution in [2.24, 2.45) is 0 Å². The number of oxazole rings is 1. The van der Waals surface area contributed by atoms with E-state index in [2.05, 4.69) is 29.5 Å². The van der Waals surface area contributed by atoms with Crippen LogP contribution in [0.1, 0.15) is 27.0 Å². The Bertz CT molecular complexity index is 1220. The normalized spacial score (nSPS) is 10.8. The number of carbonyl (C=O) groups is 1. The van der Waals surface area contributed by atoms with Gasteiger partial charge in [0.25, 0.3) is 5.91 Å². The molecule has 30 heavy (non-hydrogen) atoms. The molecule has 0 saturated carbocycles. The second kappa shape index (κ2) is 8.08. The Morgan fingerprint density at radius 3 is 2.37 bits per heavy atom. The quantitative estimate of drug-likeness (QED) is 0.430. The van der Waals surface area contributed by atoms with E-state index in [-0.39, 0.29) is 11.0 Å². The van der Waals surface area contributed by atoms with Gasteiger partial charge in [0.1, 0.15) is 5.52 Å². The number of hydrogen-bond acceptors (Lipinski definition) is 4. The summed E-state index contributed by atoms with van der Waals surface area (Å²) in [5.41, 5.74) is 7.09. The fourth-order valence-corrected chi connectivity index (χ4v) is 3.37. The number of nitrogens with one attached hydrogen (secondary N) is 2. The number of aryl methyl sites for hydroxylation is 3. The van der Waals surface area contributed by atoms with Gasteiger partial charge < -0.3 is 9.73 Å². The summed E-state index contributed by atoms with van der Waals surface area (Å²) < 4.78 is 5.91. The third kappa shape index (κ3) is 4.09. The second-order valence-electron chi connectivity index (χ2n) is 7.22. The minimum absolute atomic E-state index is 0.237. The highest BCUT2D eigenvalue weighted by molar-refractivity contribution is 7.80. The van der Waals surface area contributed by atoms with Crippen molar-refractivity contribution in [3.63, 3.8) is 0 Å². The van der Waals surface area contributed by atoms with Crippen LogP contribution in [0.3, 0.4) is 0 Å². The van der Waals surface area contributed by atoms with Crippen molar-refractivity contribution in [3.05, 3.63) is 82.9 Å². The topological polar surface area (TPSA) is 67.2 Å². The van der Waals surface area contributed by atoms with E-state index in [9.17, 15) is 4.79 Å².